The lowest BCUT2D eigenvalue weighted by atomic mass is 10.3. The summed E-state index contributed by atoms with van der Waals surface area (Å²) in [6, 6.07) is -0.683. The molecule has 5 heteroatoms. The van der Waals surface area contributed by atoms with Gasteiger partial charge in [0.25, 0.3) is 0 Å². The van der Waals surface area contributed by atoms with Gasteiger partial charge in [-0.1, -0.05) is 34.8 Å². The predicted molar refractivity (Wildman–Crippen MR) is 38.9 cm³/mol. The van der Waals surface area contributed by atoms with Gasteiger partial charge in [-0.3, -0.25) is 0 Å². The van der Waals surface area contributed by atoms with Gasteiger partial charge in [0.05, 0.1) is 6.04 Å². The number of hydrogen-bond acceptors (Lipinski definition) is 2. The van der Waals surface area contributed by atoms with Gasteiger partial charge in [0.2, 0.25) is 0 Å². The Morgan fingerprint density at radius 3 is 2.11 bits per heavy atom. The molecule has 2 N–H and O–H groups in total. The molecule has 0 heterocycles. The number of carbonyl (C=O) groups excluding carboxylic acids is 1. The second kappa shape index (κ2) is 3.62. The number of halogens is 3. The Kier molecular flexibility index (Phi) is 3.82. The first-order valence-electron chi connectivity index (χ1n) is 2.23. The average molecular weight is 190 g/mol. The molecule has 0 spiro atoms. The van der Waals surface area contributed by atoms with Crippen LogP contribution in [0.5, 0.6) is 0 Å². The van der Waals surface area contributed by atoms with Crippen molar-refractivity contribution >= 4 is 41.1 Å². The zero-order valence-corrected chi connectivity index (χ0v) is 6.75. The molecule has 0 aliphatic heterocycles. The molecule has 0 saturated heterocycles. The number of aldehydes is 1. The molecule has 0 amide bonds. The summed E-state index contributed by atoms with van der Waals surface area (Å²) in [6.07, 6.45) is 0.600. The van der Waals surface area contributed by atoms with Gasteiger partial charge < -0.3 is 10.5 Å². The van der Waals surface area contributed by atoms with Crippen LogP contribution in [-0.2, 0) is 4.79 Å². The molecule has 0 bridgehead atoms. The van der Waals surface area contributed by atoms with Crippen LogP contribution in [0.4, 0.5) is 0 Å². The van der Waals surface area contributed by atoms with Gasteiger partial charge in [0, 0.05) is 6.42 Å². The molecule has 9 heavy (non-hydrogen) atoms. The van der Waals surface area contributed by atoms with E-state index in [1.165, 1.54) is 0 Å². The van der Waals surface area contributed by atoms with Gasteiger partial charge in [0.1, 0.15) is 6.29 Å². The van der Waals surface area contributed by atoms with Crippen LogP contribution in [0.2, 0.25) is 0 Å². The van der Waals surface area contributed by atoms with E-state index in [1.54, 1.807) is 0 Å². The van der Waals surface area contributed by atoms with E-state index in [2.05, 4.69) is 0 Å². The minimum absolute atomic E-state index is 0.0567. The zero-order chi connectivity index (χ0) is 7.49. The van der Waals surface area contributed by atoms with E-state index < -0.39 is 9.83 Å². The number of hydrogen-bond donors (Lipinski definition) is 1. The van der Waals surface area contributed by atoms with E-state index >= 15 is 0 Å². The lowest BCUT2D eigenvalue weighted by Crippen LogP contribution is -2.26. The van der Waals surface area contributed by atoms with E-state index in [9.17, 15) is 4.79 Å². The Balaban J connectivity index is 3.59. The lowest BCUT2D eigenvalue weighted by Gasteiger charge is -2.11. The van der Waals surface area contributed by atoms with E-state index in [0.29, 0.717) is 6.29 Å². The SMILES string of the molecule is NC(C=O)CC(Cl)(Cl)Cl. The summed E-state index contributed by atoms with van der Waals surface area (Å²) in [5.41, 5.74) is 5.14. The Morgan fingerprint density at radius 1 is 1.56 bits per heavy atom. The second-order valence-corrected chi connectivity index (χ2v) is 4.14. The summed E-state index contributed by atoms with van der Waals surface area (Å²) >= 11 is 15.9. The van der Waals surface area contributed by atoms with Crippen molar-refractivity contribution in [1.29, 1.82) is 0 Å². The molecule has 0 saturated carbocycles. The highest BCUT2D eigenvalue weighted by molar-refractivity contribution is 6.67. The topological polar surface area (TPSA) is 43.1 Å². The average Bonchev–Trinajstić information content (AvgIpc) is 1.62. The minimum atomic E-state index is -1.42. The summed E-state index contributed by atoms with van der Waals surface area (Å²) < 4.78 is -1.42. The zero-order valence-electron chi connectivity index (χ0n) is 4.48. The van der Waals surface area contributed by atoms with Gasteiger partial charge >= 0.3 is 0 Å². The van der Waals surface area contributed by atoms with Gasteiger partial charge in [-0.05, 0) is 0 Å². The molecule has 0 aromatic carbocycles. The second-order valence-electron chi connectivity index (χ2n) is 1.62. The fraction of sp³-hybridized carbons (Fsp3) is 0.750. The molecule has 2 nitrogen and oxygen atoms in total. The molecule has 0 aromatic heterocycles. The highest BCUT2D eigenvalue weighted by atomic mass is 35.6. The summed E-state index contributed by atoms with van der Waals surface area (Å²) in [5, 5.41) is 0. The summed E-state index contributed by atoms with van der Waals surface area (Å²) in [7, 11) is 0. The third-order valence-corrected chi connectivity index (χ3v) is 1.10. The molecule has 0 rings (SSSR count). The maximum absolute atomic E-state index is 9.88. The van der Waals surface area contributed by atoms with Crippen LogP contribution >= 0.6 is 34.8 Å². The number of rotatable bonds is 2. The van der Waals surface area contributed by atoms with E-state index in [-0.39, 0.29) is 6.42 Å². The highest BCUT2D eigenvalue weighted by Crippen LogP contribution is 2.30. The monoisotopic (exact) mass is 189 g/mol. The van der Waals surface area contributed by atoms with E-state index in [1.807, 2.05) is 0 Å². The van der Waals surface area contributed by atoms with Crippen LogP contribution < -0.4 is 5.73 Å². The number of alkyl halides is 3. The van der Waals surface area contributed by atoms with Crippen molar-refractivity contribution in [2.75, 3.05) is 0 Å². The van der Waals surface area contributed by atoms with Crippen molar-refractivity contribution in [3.05, 3.63) is 0 Å². The van der Waals surface area contributed by atoms with Crippen molar-refractivity contribution in [3.63, 3.8) is 0 Å². The molecule has 54 valence electrons. The van der Waals surface area contributed by atoms with Crippen LogP contribution in [0.15, 0.2) is 0 Å². The first kappa shape index (κ1) is 9.50. The molecule has 0 aliphatic rings. The van der Waals surface area contributed by atoms with E-state index in [4.69, 9.17) is 40.5 Å². The Bertz CT molecular complexity index is 100. The molecule has 0 aliphatic carbocycles. The smallest absolute Gasteiger partial charge is 0.192 e. The summed E-state index contributed by atoms with van der Waals surface area (Å²) in [5.74, 6) is 0. The lowest BCUT2D eigenvalue weighted by molar-refractivity contribution is -0.109. The molecular weight excluding hydrogens is 184 g/mol. The largest absolute Gasteiger partial charge is 0.322 e. The Labute approximate surface area is 68.2 Å². The van der Waals surface area contributed by atoms with Crippen molar-refractivity contribution in [2.45, 2.75) is 16.3 Å². The van der Waals surface area contributed by atoms with Gasteiger partial charge in [-0.25, -0.2) is 0 Å². The van der Waals surface area contributed by atoms with Crippen molar-refractivity contribution in [2.24, 2.45) is 5.73 Å². The maximum Gasteiger partial charge on any atom is 0.192 e. The first-order valence-corrected chi connectivity index (χ1v) is 3.37. The Hall–Kier alpha value is 0.500. The van der Waals surface area contributed by atoms with Crippen molar-refractivity contribution in [3.8, 4) is 0 Å². The van der Waals surface area contributed by atoms with Crippen LogP contribution in [0.3, 0.4) is 0 Å². The number of nitrogens with two attached hydrogens (primary N) is 1. The molecule has 0 aromatic rings. The Morgan fingerprint density at radius 2 is 2.00 bits per heavy atom. The molecule has 1 atom stereocenters. The molecule has 1 unspecified atom stereocenters. The molecular formula is C4H6Cl3NO. The van der Waals surface area contributed by atoms with Crippen molar-refractivity contribution in [1.82, 2.24) is 0 Å². The third-order valence-electron chi connectivity index (χ3n) is 0.642. The van der Waals surface area contributed by atoms with Gasteiger partial charge in [0.15, 0.2) is 3.79 Å². The highest BCUT2D eigenvalue weighted by Gasteiger charge is 2.22. The summed E-state index contributed by atoms with van der Waals surface area (Å²) in [6.45, 7) is 0. The van der Waals surface area contributed by atoms with Crippen LogP contribution in [0, 0.1) is 0 Å². The number of carbonyl (C=O) groups is 1. The fourth-order valence-electron chi connectivity index (χ4n) is 0.315. The quantitative estimate of drug-likeness (QED) is 0.526. The molecule has 0 radical (unpaired) electrons. The standard InChI is InChI=1S/C4H6Cl3NO/c5-4(6,7)1-3(8)2-9/h2-3H,1,8H2. The van der Waals surface area contributed by atoms with Gasteiger partial charge in [-0.2, -0.15) is 0 Å². The fourth-order valence-corrected chi connectivity index (χ4v) is 0.850. The van der Waals surface area contributed by atoms with Crippen LogP contribution in [-0.4, -0.2) is 16.1 Å². The predicted octanol–water partition coefficient (Wildman–Crippen LogP) is 1.27. The molecule has 0 fully saturated rings. The minimum Gasteiger partial charge on any atom is -0.322 e. The van der Waals surface area contributed by atoms with Crippen LogP contribution in [0.1, 0.15) is 6.42 Å². The van der Waals surface area contributed by atoms with Crippen molar-refractivity contribution < 1.29 is 4.79 Å². The normalized spacial score (nSPS) is 15.1. The van der Waals surface area contributed by atoms with Gasteiger partial charge in [-0.15, -0.1) is 0 Å². The maximum atomic E-state index is 9.88. The first-order chi connectivity index (χ1) is 3.95. The van der Waals surface area contributed by atoms with E-state index in [0.717, 1.165) is 0 Å². The summed E-state index contributed by atoms with van der Waals surface area (Å²) in [4.78, 5) is 9.88. The third kappa shape index (κ3) is 6.38. The van der Waals surface area contributed by atoms with Crippen LogP contribution in [0.25, 0.3) is 0 Å².